The van der Waals surface area contributed by atoms with Gasteiger partial charge in [0.1, 0.15) is 17.3 Å². The van der Waals surface area contributed by atoms with Crippen LogP contribution in [0.1, 0.15) is 24.1 Å². The van der Waals surface area contributed by atoms with Gasteiger partial charge in [-0.3, -0.25) is 0 Å². The molecule has 20 heavy (non-hydrogen) atoms. The molecule has 106 valence electrons. The van der Waals surface area contributed by atoms with Crippen LogP contribution in [0.2, 0.25) is 0 Å². The van der Waals surface area contributed by atoms with Crippen LogP contribution in [0.25, 0.3) is 0 Å². The third-order valence-corrected chi connectivity index (χ3v) is 3.89. The third-order valence-electron chi connectivity index (χ3n) is 3.21. The minimum absolute atomic E-state index is 0.0166. The maximum absolute atomic E-state index is 13.8. The van der Waals surface area contributed by atoms with E-state index in [-0.39, 0.29) is 11.9 Å². The van der Waals surface area contributed by atoms with E-state index in [4.69, 9.17) is 4.74 Å². The lowest BCUT2D eigenvalue weighted by molar-refractivity contribution is 0.462. The van der Waals surface area contributed by atoms with Gasteiger partial charge >= 0.3 is 0 Å². The summed E-state index contributed by atoms with van der Waals surface area (Å²) in [5.74, 6) is 1.23. The van der Waals surface area contributed by atoms with Crippen molar-refractivity contribution < 1.29 is 9.13 Å². The first-order valence-corrected chi connectivity index (χ1v) is 7.50. The van der Waals surface area contributed by atoms with Gasteiger partial charge in [-0.15, -0.1) is 0 Å². The summed E-state index contributed by atoms with van der Waals surface area (Å²) in [5.41, 5.74) is 1.40. The molecule has 0 saturated heterocycles. The van der Waals surface area contributed by atoms with Crippen LogP contribution in [-0.2, 0) is 0 Å². The van der Waals surface area contributed by atoms with Gasteiger partial charge in [0.2, 0.25) is 0 Å². The molecule has 2 rings (SSSR count). The lowest BCUT2D eigenvalue weighted by Gasteiger charge is -2.17. The second-order valence-electron chi connectivity index (χ2n) is 4.71. The van der Waals surface area contributed by atoms with Crippen molar-refractivity contribution in [1.82, 2.24) is 5.32 Å². The minimum Gasteiger partial charge on any atom is -0.457 e. The zero-order chi connectivity index (χ0) is 14.7. The second kappa shape index (κ2) is 6.54. The van der Waals surface area contributed by atoms with Gasteiger partial charge < -0.3 is 10.1 Å². The Morgan fingerprint density at radius 3 is 2.65 bits per heavy atom. The summed E-state index contributed by atoms with van der Waals surface area (Å²) in [7, 11) is 1.84. The number of aryl methyl sites for hydroxylation is 1. The molecule has 0 amide bonds. The van der Waals surface area contributed by atoms with Crippen LogP contribution in [0.3, 0.4) is 0 Å². The van der Waals surface area contributed by atoms with E-state index in [1.807, 2.05) is 38.2 Å². The fraction of sp³-hybridized carbons (Fsp3) is 0.250. The molecule has 0 fully saturated rings. The Morgan fingerprint density at radius 1 is 1.25 bits per heavy atom. The number of halogens is 2. The van der Waals surface area contributed by atoms with E-state index in [1.165, 1.54) is 0 Å². The molecule has 0 bridgehead atoms. The number of benzene rings is 2. The Bertz CT molecular complexity index is 615. The molecule has 0 radical (unpaired) electrons. The molecule has 0 saturated carbocycles. The van der Waals surface area contributed by atoms with Crippen LogP contribution in [0.15, 0.2) is 36.4 Å². The predicted octanol–water partition coefficient (Wildman–Crippen LogP) is 4.81. The van der Waals surface area contributed by atoms with Gasteiger partial charge in [-0.05, 0) is 79.4 Å². The SMILES string of the molecule is CNC(C)c1cc(F)c(C)cc1Oc1cccc(I)c1. The quantitative estimate of drug-likeness (QED) is 0.763. The van der Waals surface area contributed by atoms with Gasteiger partial charge in [0.15, 0.2) is 0 Å². The van der Waals surface area contributed by atoms with Crippen LogP contribution < -0.4 is 10.1 Å². The number of nitrogens with one attached hydrogen (secondary N) is 1. The molecule has 1 atom stereocenters. The topological polar surface area (TPSA) is 21.3 Å². The van der Waals surface area contributed by atoms with Gasteiger partial charge in [-0.25, -0.2) is 4.39 Å². The molecule has 0 aliphatic rings. The van der Waals surface area contributed by atoms with Crippen molar-refractivity contribution in [2.75, 3.05) is 7.05 Å². The lowest BCUT2D eigenvalue weighted by atomic mass is 10.0. The molecular formula is C16H17FINO. The smallest absolute Gasteiger partial charge is 0.132 e. The van der Waals surface area contributed by atoms with Gasteiger partial charge in [-0.1, -0.05) is 6.07 Å². The van der Waals surface area contributed by atoms with Crippen LogP contribution in [0, 0.1) is 16.3 Å². The highest BCUT2D eigenvalue weighted by Crippen LogP contribution is 2.32. The summed E-state index contributed by atoms with van der Waals surface area (Å²) in [6.45, 7) is 3.72. The first-order valence-electron chi connectivity index (χ1n) is 6.42. The summed E-state index contributed by atoms with van der Waals surface area (Å²) in [6, 6.07) is 11.1. The van der Waals surface area contributed by atoms with E-state index in [1.54, 1.807) is 19.1 Å². The summed E-state index contributed by atoms with van der Waals surface area (Å²) in [6.07, 6.45) is 0. The summed E-state index contributed by atoms with van der Waals surface area (Å²) in [5, 5.41) is 3.12. The molecule has 4 heteroatoms. The predicted molar refractivity (Wildman–Crippen MR) is 87.8 cm³/mol. The van der Waals surface area contributed by atoms with Crippen LogP contribution in [0.4, 0.5) is 4.39 Å². The van der Waals surface area contributed by atoms with Crippen molar-refractivity contribution in [2.45, 2.75) is 19.9 Å². The standard InChI is InChI=1S/C16H17FINO/c1-10-7-16(14(9-15(10)17)11(2)19-3)20-13-6-4-5-12(18)8-13/h4-9,11,19H,1-3H3. The van der Waals surface area contributed by atoms with Gasteiger partial charge in [0, 0.05) is 15.2 Å². The van der Waals surface area contributed by atoms with Crippen molar-refractivity contribution >= 4 is 22.6 Å². The van der Waals surface area contributed by atoms with Crippen molar-refractivity contribution in [3.8, 4) is 11.5 Å². The molecule has 2 nitrogen and oxygen atoms in total. The third kappa shape index (κ3) is 3.49. The zero-order valence-corrected chi connectivity index (χ0v) is 13.9. The molecule has 0 aromatic heterocycles. The molecule has 0 heterocycles. The molecule has 0 aliphatic heterocycles. The van der Waals surface area contributed by atoms with Crippen LogP contribution >= 0.6 is 22.6 Å². The number of hydrogen-bond acceptors (Lipinski definition) is 2. The fourth-order valence-corrected chi connectivity index (χ4v) is 2.42. The van der Waals surface area contributed by atoms with E-state index in [0.717, 1.165) is 14.9 Å². The Kier molecular flexibility index (Phi) is 4.99. The molecule has 1 N–H and O–H groups in total. The average Bonchev–Trinajstić information content (AvgIpc) is 2.42. The summed E-state index contributed by atoms with van der Waals surface area (Å²) in [4.78, 5) is 0. The highest BCUT2D eigenvalue weighted by molar-refractivity contribution is 14.1. The Hall–Kier alpha value is -1.14. The van der Waals surface area contributed by atoms with E-state index in [2.05, 4.69) is 27.9 Å². The lowest BCUT2D eigenvalue weighted by Crippen LogP contribution is -2.13. The molecular weight excluding hydrogens is 368 g/mol. The van der Waals surface area contributed by atoms with Crippen molar-refractivity contribution in [2.24, 2.45) is 0 Å². The largest absolute Gasteiger partial charge is 0.457 e. The van der Waals surface area contributed by atoms with Crippen molar-refractivity contribution in [3.63, 3.8) is 0 Å². The molecule has 1 unspecified atom stereocenters. The second-order valence-corrected chi connectivity index (χ2v) is 5.95. The molecule has 2 aromatic rings. The minimum atomic E-state index is -0.211. The Morgan fingerprint density at radius 2 is 2.00 bits per heavy atom. The van der Waals surface area contributed by atoms with E-state index in [0.29, 0.717) is 11.3 Å². The summed E-state index contributed by atoms with van der Waals surface area (Å²) >= 11 is 2.24. The van der Waals surface area contributed by atoms with E-state index < -0.39 is 0 Å². The van der Waals surface area contributed by atoms with E-state index in [9.17, 15) is 4.39 Å². The highest BCUT2D eigenvalue weighted by atomic mass is 127. The van der Waals surface area contributed by atoms with Crippen molar-refractivity contribution in [1.29, 1.82) is 0 Å². The maximum atomic E-state index is 13.8. The molecule has 2 aromatic carbocycles. The number of ether oxygens (including phenoxy) is 1. The van der Waals surface area contributed by atoms with Gasteiger partial charge in [-0.2, -0.15) is 0 Å². The Labute approximate surface area is 132 Å². The highest BCUT2D eigenvalue weighted by Gasteiger charge is 2.14. The summed E-state index contributed by atoms with van der Waals surface area (Å²) < 4.78 is 20.8. The molecule has 0 aliphatic carbocycles. The number of hydrogen-bond donors (Lipinski definition) is 1. The average molecular weight is 385 g/mol. The van der Waals surface area contributed by atoms with Crippen LogP contribution in [0.5, 0.6) is 11.5 Å². The monoisotopic (exact) mass is 385 g/mol. The normalized spacial score (nSPS) is 12.2. The zero-order valence-electron chi connectivity index (χ0n) is 11.7. The van der Waals surface area contributed by atoms with E-state index >= 15 is 0 Å². The van der Waals surface area contributed by atoms with Gasteiger partial charge in [0.05, 0.1) is 0 Å². The fourth-order valence-electron chi connectivity index (χ4n) is 1.91. The van der Waals surface area contributed by atoms with Gasteiger partial charge in [0.25, 0.3) is 0 Å². The van der Waals surface area contributed by atoms with Crippen molar-refractivity contribution in [3.05, 3.63) is 56.9 Å². The molecule has 0 spiro atoms. The maximum Gasteiger partial charge on any atom is 0.132 e. The van der Waals surface area contributed by atoms with Crippen LogP contribution in [-0.4, -0.2) is 7.05 Å². The number of rotatable bonds is 4. The first kappa shape index (κ1) is 15.3. The Balaban J connectivity index is 2.41. The first-order chi connectivity index (χ1) is 9.51.